The highest BCUT2D eigenvalue weighted by atomic mass is 16.5. The second-order valence-corrected chi connectivity index (χ2v) is 5.14. The van der Waals surface area contributed by atoms with Gasteiger partial charge in [-0.25, -0.2) is 9.59 Å². The van der Waals surface area contributed by atoms with E-state index >= 15 is 0 Å². The molecular formula is C17H20N4O4. The second-order valence-electron chi connectivity index (χ2n) is 5.14. The lowest BCUT2D eigenvalue weighted by atomic mass is 10.1. The molecule has 0 heterocycles. The maximum atomic E-state index is 11.9. The Bertz CT molecular complexity index is 702. The Morgan fingerprint density at radius 3 is 2.40 bits per heavy atom. The van der Waals surface area contributed by atoms with Crippen molar-refractivity contribution in [3.63, 3.8) is 0 Å². The van der Waals surface area contributed by atoms with Crippen LogP contribution in [0.3, 0.4) is 0 Å². The standard InChI is InChI=1S/C17H20N4O4/c1-4-19-17(24)20-15(22)11-25-16(23)13(10-18)9-12-5-7-14(8-6-12)21(2)3/h5-9H,4,11H2,1-3H3,(H2,19,20,22,24)/b13-9+. The average molecular weight is 344 g/mol. The van der Waals surface area contributed by atoms with Crippen LogP contribution in [0.25, 0.3) is 6.08 Å². The number of amides is 3. The topological polar surface area (TPSA) is 112 Å². The third-order valence-corrected chi connectivity index (χ3v) is 2.99. The minimum absolute atomic E-state index is 0.247. The normalized spacial score (nSPS) is 10.4. The fraction of sp³-hybridized carbons (Fsp3) is 0.294. The summed E-state index contributed by atoms with van der Waals surface area (Å²) in [6.45, 7) is 1.39. The van der Waals surface area contributed by atoms with E-state index in [1.165, 1.54) is 6.08 Å². The molecule has 0 bridgehead atoms. The number of rotatable bonds is 6. The molecule has 0 aliphatic rings. The van der Waals surface area contributed by atoms with E-state index < -0.39 is 24.5 Å². The largest absolute Gasteiger partial charge is 0.451 e. The Kier molecular flexibility index (Phi) is 7.66. The Morgan fingerprint density at radius 2 is 1.88 bits per heavy atom. The number of esters is 1. The van der Waals surface area contributed by atoms with Gasteiger partial charge in [0, 0.05) is 26.3 Å². The summed E-state index contributed by atoms with van der Waals surface area (Å²) in [7, 11) is 3.80. The van der Waals surface area contributed by atoms with Crippen molar-refractivity contribution in [2.45, 2.75) is 6.92 Å². The maximum absolute atomic E-state index is 11.9. The van der Waals surface area contributed by atoms with Gasteiger partial charge in [0.25, 0.3) is 5.91 Å². The molecular weight excluding hydrogens is 324 g/mol. The van der Waals surface area contributed by atoms with Gasteiger partial charge in [0.05, 0.1) is 0 Å². The zero-order chi connectivity index (χ0) is 18.8. The van der Waals surface area contributed by atoms with E-state index in [1.807, 2.05) is 36.4 Å². The van der Waals surface area contributed by atoms with E-state index in [9.17, 15) is 14.4 Å². The van der Waals surface area contributed by atoms with Gasteiger partial charge in [0.15, 0.2) is 6.61 Å². The first-order chi connectivity index (χ1) is 11.9. The highest BCUT2D eigenvalue weighted by molar-refractivity contribution is 6.00. The molecule has 0 saturated heterocycles. The number of anilines is 1. The zero-order valence-electron chi connectivity index (χ0n) is 14.3. The van der Waals surface area contributed by atoms with Gasteiger partial charge in [-0.05, 0) is 30.7 Å². The number of benzene rings is 1. The van der Waals surface area contributed by atoms with E-state index in [-0.39, 0.29) is 5.57 Å². The molecule has 0 aliphatic carbocycles. The molecule has 3 amide bonds. The molecule has 25 heavy (non-hydrogen) atoms. The summed E-state index contributed by atoms with van der Waals surface area (Å²) in [5.41, 5.74) is 1.37. The third kappa shape index (κ3) is 6.74. The van der Waals surface area contributed by atoms with Crippen molar-refractivity contribution >= 4 is 29.7 Å². The number of nitrogens with one attached hydrogen (secondary N) is 2. The van der Waals surface area contributed by atoms with Crippen LogP contribution >= 0.6 is 0 Å². The van der Waals surface area contributed by atoms with Gasteiger partial charge in [-0.1, -0.05) is 12.1 Å². The van der Waals surface area contributed by atoms with Crippen molar-refractivity contribution in [3.05, 3.63) is 35.4 Å². The molecule has 2 N–H and O–H groups in total. The number of carbonyl (C=O) groups is 3. The van der Waals surface area contributed by atoms with E-state index in [0.717, 1.165) is 5.69 Å². The van der Waals surface area contributed by atoms with Gasteiger partial charge in [-0.15, -0.1) is 0 Å². The van der Waals surface area contributed by atoms with Crippen molar-refractivity contribution < 1.29 is 19.1 Å². The SMILES string of the molecule is CCNC(=O)NC(=O)COC(=O)/C(C#N)=C/c1ccc(N(C)C)cc1. The quantitative estimate of drug-likeness (QED) is 0.453. The summed E-state index contributed by atoms with van der Waals surface area (Å²) in [6, 6.07) is 8.24. The van der Waals surface area contributed by atoms with E-state index in [4.69, 9.17) is 10.00 Å². The van der Waals surface area contributed by atoms with Gasteiger partial charge >= 0.3 is 12.0 Å². The van der Waals surface area contributed by atoms with E-state index in [2.05, 4.69) is 5.32 Å². The molecule has 1 rings (SSSR count). The lowest BCUT2D eigenvalue weighted by molar-refractivity contribution is -0.144. The first-order valence-electron chi connectivity index (χ1n) is 7.51. The summed E-state index contributed by atoms with van der Waals surface area (Å²) in [5.74, 6) is -1.72. The molecule has 0 radical (unpaired) electrons. The maximum Gasteiger partial charge on any atom is 0.349 e. The summed E-state index contributed by atoms with van der Waals surface area (Å²) in [5, 5.41) is 13.4. The minimum Gasteiger partial charge on any atom is -0.451 e. The predicted molar refractivity (Wildman–Crippen MR) is 92.5 cm³/mol. The number of urea groups is 1. The molecule has 0 aromatic heterocycles. The van der Waals surface area contributed by atoms with Crippen LogP contribution in [0.2, 0.25) is 0 Å². The van der Waals surface area contributed by atoms with Crippen LogP contribution in [-0.2, 0) is 14.3 Å². The smallest absolute Gasteiger partial charge is 0.349 e. The number of hydrogen-bond acceptors (Lipinski definition) is 6. The third-order valence-electron chi connectivity index (χ3n) is 2.99. The van der Waals surface area contributed by atoms with Crippen molar-refractivity contribution in [2.75, 3.05) is 32.1 Å². The average Bonchev–Trinajstić information content (AvgIpc) is 2.58. The van der Waals surface area contributed by atoms with Crippen LogP contribution in [-0.4, -0.2) is 45.2 Å². The number of nitriles is 1. The highest BCUT2D eigenvalue weighted by Gasteiger charge is 2.14. The van der Waals surface area contributed by atoms with Crippen LogP contribution < -0.4 is 15.5 Å². The molecule has 0 spiro atoms. The molecule has 0 atom stereocenters. The first kappa shape index (κ1) is 19.7. The molecule has 8 heteroatoms. The molecule has 132 valence electrons. The van der Waals surface area contributed by atoms with Crippen LogP contribution in [0.1, 0.15) is 12.5 Å². The Balaban J connectivity index is 2.66. The van der Waals surface area contributed by atoms with Crippen molar-refractivity contribution in [1.29, 1.82) is 5.26 Å². The Labute approximate surface area is 146 Å². The summed E-state index contributed by atoms with van der Waals surface area (Å²) in [6.07, 6.45) is 1.36. The van der Waals surface area contributed by atoms with Crippen molar-refractivity contribution in [1.82, 2.24) is 10.6 Å². The predicted octanol–water partition coefficient (Wildman–Crippen LogP) is 1.05. The first-order valence-corrected chi connectivity index (χ1v) is 7.51. The number of ether oxygens (including phenoxy) is 1. The van der Waals surface area contributed by atoms with Crippen LogP contribution in [0, 0.1) is 11.3 Å². The number of hydrogen-bond donors (Lipinski definition) is 2. The molecule has 1 aromatic rings. The fourth-order valence-corrected chi connectivity index (χ4v) is 1.75. The van der Waals surface area contributed by atoms with E-state index in [0.29, 0.717) is 12.1 Å². The highest BCUT2D eigenvalue weighted by Crippen LogP contribution is 2.15. The monoisotopic (exact) mass is 344 g/mol. The Morgan fingerprint density at radius 1 is 1.24 bits per heavy atom. The van der Waals surface area contributed by atoms with E-state index in [1.54, 1.807) is 25.1 Å². The number of imide groups is 1. The summed E-state index contributed by atoms with van der Waals surface area (Å²) < 4.78 is 4.74. The van der Waals surface area contributed by atoms with Gasteiger partial charge in [0.2, 0.25) is 0 Å². The second kappa shape index (κ2) is 9.72. The lowest BCUT2D eigenvalue weighted by Gasteiger charge is -2.11. The molecule has 0 saturated carbocycles. The molecule has 8 nitrogen and oxygen atoms in total. The van der Waals surface area contributed by atoms with Crippen LogP contribution in [0.5, 0.6) is 0 Å². The van der Waals surface area contributed by atoms with Crippen molar-refractivity contribution in [3.8, 4) is 6.07 Å². The zero-order valence-corrected chi connectivity index (χ0v) is 14.3. The number of carbonyl (C=O) groups excluding carboxylic acids is 3. The molecule has 0 aliphatic heterocycles. The summed E-state index contributed by atoms with van der Waals surface area (Å²) in [4.78, 5) is 36.4. The van der Waals surface area contributed by atoms with Gasteiger partial charge in [-0.2, -0.15) is 5.26 Å². The summed E-state index contributed by atoms with van der Waals surface area (Å²) >= 11 is 0. The van der Waals surface area contributed by atoms with Crippen LogP contribution in [0.15, 0.2) is 29.8 Å². The molecule has 0 unspecified atom stereocenters. The van der Waals surface area contributed by atoms with Gasteiger partial charge < -0.3 is 15.0 Å². The lowest BCUT2D eigenvalue weighted by Crippen LogP contribution is -2.41. The molecule has 1 aromatic carbocycles. The van der Waals surface area contributed by atoms with Gasteiger partial charge in [-0.3, -0.25) is 10.1 Å². The van der Waals surface area contributed by atoms with Crippen LogP contribution in [0.4, 0.5) is 10.5 Å². The minimum atomic E-state index is -0.940. The fourth-order valence-electron chi connectivity index (χ4n) is 1.75. The van der Waals surface area contributed by atoms with Gasteiger partial charge in [0.1, 0.15) is 11.6 Å². The number of nitrogens with zero attached hydrogens (tertiary/aromatic N) is 2. The Hall–Kier alpha value is -3.34. The van der Waals surface area contributed by atoms with Crippen molar-refractivity contribution in [2.24, 2.45) is 0 Å². The molecule has 0 fully saturated rings.